The molecule has 0 amide bonds. The van der Waals surface area contributed by atoms with E-state index >= 15 is 0 Å². The van der Waals surface area contributed by atoms with Crippen molar-refractivity contribution in [3.05, 3.63) is 45.4 Å². The van der Waals surface area contributed by atoms with Gasteiger partial charge < -0.3 is 0 Å². The van der Waals surface area contributed by atoms with Gasteiger partial charge >= 0.3 is 5.70 Å². The lowest BCUT2D eigenvalue weighted by molar-refractivity contribution is -0.418. The Morgan fingerprint density at radius 3 is 2.19 bits per heavy atom. The number of nitrogens with zero attached hydrogens (tertiary/aromatic N) is 3. The van der Waals surface area contributed by atoms with Crippen molar-refractivity contribution in [2.45, 2.75) is 38.8 Å². The van der Waals surface area contributed by atoms with Crippen LogP contribution in [0, 0.1) is 10.1 Å². The molecule has 0 spiro atoms. The molecular formula is C13H16N3O5. The third-order valence-corrected chi connectivity index (χ3v) is 4.34. The molecular weight excluding hydrogens is 278 g/mol. The van der Waals surface area contributed by atoms with Crippen LogP contribution in [0.15, 0.2) is 35.3 Å². The summed E-state index contributed by atoms with van der Waals surface area (Å²) in [6, 6.07) is 0. The molecule has 8 heteroatoms. The molecule has 0 saturated carbocycles. The van der Waals surface area contributed by atoms with E-state index in [-0.39, 0.29) is 11.4 Å². The molecule has 8 nitrogen and oxygen atoms in total. The monoisotopic (exact) mass is 294 g/mol. The molecule has 2 rings (SSSR count). The molecule has 21 heavy (non-hydrogen) atoms. The average molecular weight is 294 g/mol. The lowest BCUT2D eigenvalue weighted by Crippen LogP contribution is -2.52. The van der Waals surface area contributed by atoms with Crippen LogP contribution in [0.1, 0.15) is 27.7 Å². The fourth-order valence-corrected chi connectivity index (χ4v) is 2.16. The minimum absolute atomic E-state index is 0.117. The van der Waals surface area contributed by atoms with E-state index in [1.165, 1.54) is 6.08 Å². The lowest BCUT2D eigenvalue weighted by atomic mass is 9.84. The van der Waals surface area contributed by atoms with E-state index in [1.807, 2.05) is 0 Å². The van der Waals surface area contributed by atoms with Gasteiger partial charge in [-0.15, -0.1) is 0 Å². The second kappa shape index (κ2) is 4.40. The maximum Gasteiger partial charge on any atom is 0.317 e. The zero-order chi connectivity index (χ0) is 16.2. The first kappa shape index (κ1) is 15.2. The van der Waals surface area contributed by atoms with Crippen molar-refractivity contribution < 1.29 is 20.1 Å². The number of nitro groups is 1. The normalized spacial score (nSPS) is 27.1. The van der Waals surface area contributed by atoms with Crippen molar-refractivity contribution in [2.75, 3.05) is 0 Å². The van der Waals surface area contributed by atoms with Crippen LogP contribution in [0.4, 0.5) is 0 Å². The van der Waals surface area contributed by atoms with E-state index in [2.05, 4.69) is 0 Å². The van der Waals surface area contributed by atoms with Gasteiger partial charge in [-0.2, -0.15) is 5.06 Å². The molecule has 2 aliphatic rings. The minimum atomic E-state index is -0.956. The summed E-state index contributed by atoms with van der Waals surface area (Å²) in [7, 11) is 0. The van der Waals surface area contributed by atoms with Crippen molar-refractivity contribution in [1.82, 2.24) is 10.1 Å². The Morgan fingerprint density at radius 2 is 1.76 bits per heavy atom. The quantitative estimate of drug-likeness (QED) is 0.578. The van der Waals surface area contributed by atoms with Crippen LogP contribution in [0.3, 0.4) is 0 Å². The standard InChI is InChI=1S/C13H16N3O5/c1-12(2)13(3,4)15(19)11(14(12)18)8-5-6-10(17)9(7-8)16(20)21/h5-7,18H,1-4H3/b11-8+. The zero-order valence-electron chi connectivity index (χ0n) is 12.2. The van der Waals surface area contributed by atoms with Crippen LogP contribution in [-0.2, 0) is 10.0 Å². The first-order valence-corrected chi connectivity index (χ1v) is 6.31. The number of ketones is 1. The maximum absolute atomic E-state index is 12.4. The Bertz CT molecular complexity index is 593. The van der Waals surface area contributed by atoms with Crippen molar-refractivity contribution >= 4 is 5.78 Å². The first-order chi connectivity index (χ1) is 9.51. The summed E-state index contributed by atoms with van der Waals surface area (Å²) >= 11 is 0. The number of hydrogen-bond acceptors (Lipinski definition) is 6. The van der Waals surface area contributed by atoms with Crippen molar-refractivity contribution in [1.29, 1.82) is 0 Å². The predicted molar refractivity (Wildman–Crippen MR) is 70.6 cm³/mol. The smallest absolute Gasteiger partial charge is 0.286 e. The molecule has 1 heterocycles. The molecule has 0 aromatic heterocycles. The highest BCUT2D eigenvalue weighted by atomic mass is 16.6. The molecule has 0 unspecified atom stereocenters. The number of allylic oxidation sites excluding steroid dienone is 4. The number of carbonyl (C=O) groups is 1. The molecule has 1 aliphatic carbocycles. The van der Waals surface area contributed by atoms with Gasteiger partial charge in [0.15, 0.2) is 5.82 Å². The van der Waals surface area contributed by atoms with E-state index in [4.69, 9.17) is 0 Å². The van der Waals surface area contributed by atoms with E-state index in [0.717, 1.165) is 17.2 Å². The molecule has 0 bridgehead atoms. The summed E-state index contributed by atoms with van der Waals surface area (Å²) in [6.45, 7) is 6.68. The van der Waals surface area contributed by atoms with Gasteiger partial charge in [0, 0.05) is 11.6 Å². The Balaban J connectivity index is 2.62. The first-order valence-electron chi connectivity index (χ1n) is 6.31. The maximum atomic E-state index is 12.4. The van der Waals surface area contributed by atoms with Gasteiger partial charge in [0.05, 0.1) is 16.0 Å². The summed E-state index contributed by atoms with van der Waals surface area (Å²) in [5, 5.41) is 35.0. The topological polar surface area (TPSA) is 107 Å². The molecule has 113 valence electrons. The summed E-state index contributed by atoms with van der Waals surface area (Å²) in [5.41, 5.74) is -2.38. The Labute approximate surface area is 121 Å². The third kappa shape index (κ3) is 1.95. The van der Waals surface area contributed by atoms with Gasteiger partial charge in [0.1, 0.15) is 0 Å². The minimum Gasteiger partial charge on any atom is -0.286 e. The van der Waals surface area contributed by atoms with E-state index in [9.17, 15) is 25.3 Å². The van der Waals surface area contributed by atoms with Crippen LogP contribution < -0.4 is 0 Å². The highest BCUT2D eigenvalue weighted by molar-refractivity contribution is 6.04. The van der Waals surface area contributed by atoms with Crippen molar-refractivity contribution in [2.24, 2.45) is 0 Å². The van der Waals surface area contributed by atoms with Gasteiger partial charge in [-0.25, -0.2) is 5.06 Å². The second-order valence-corrected chi connectivity index (χ2v) is 5.99. The fourth-order valence-electron chi connectivity index (χ4n) is 2.16. The Hall–Kier alpha value is -2.19. The van der Waals surface area contributed by atoms with Crippen LogP contribution in [0.25, 0.3) is 0 Å². The molecule has 1 fully saturated rings. The molecule has 1 radical (unpaired) electrons. The van der Waals surface area contributed by atoms with Crippen LogP contribution in [-0.4, -0.2) is 37.1 Å². The molecule has 0 atom stereocenters. The van der Waals surface area contributed by atoms with Gasteiger partial charge in [-0.05, 0) is 39.8 Å². The van der Waals surface area contributed by atoms with Crippen LogP contribution in [0.5, 0.6) is 0 Å². The highest BCUT2D eigenvalue weighted by Crippen LogP contribution is 2.44. The van der Waals surface area contributed by atoms with E-state index in [1.54, 1.807) is 27.7 Å². The number of hydroxylamine groups is 4. The molecule has 1 N–H and O–H groups in total. The number of rotatable bonds is 1. The van der Waals surface area contributed by atoms with Crippen molar-refractivity contribution in [3.63, 3.8) is 0 Å². The number of hydrogen-bond donors (Lipinski definition) is 1. The molecule has 1 saturated heterocycles. The number of carbonyl (C=O) groups excluding carboxylic acids is 1. The zero-order valence-corrected chi connectivity index (χ0v) is 12.2. The summed E-state index contributed by atoms with van der Waals surface area (Å²) in [6.07, 6.45) is 3.31. The van der Waals surface area contributed by atoms with E-state index in [0.29, 0.717) is 5.06 Å². The Morgan fingerprint density at radius 1 is 1.19 bits per heavy atom. The predicted octanol–water partition coefficient (Wildman–Crippen LogP) is 1.41. The molecule has 0 aromatic rings. The van der Waals surface area contributed by atoms with Gasteiger partial charge in [-0.3, -0.25) is 20.1 Å². The Kier molecular flexibility index (Phi) is 3.19. The van der Waals surface area contributed by atoms with Gasteiger partial charge in [0.2, 0.25) is 0 Å². The molecule has 0 aromatic carbocycles. The van der Waals surface area contributed by atoms with Crippen LogP contribution >= 0.6 is 0 Å². The lowest BCUT2D eigenvalue weighted by Gasteiger charge is -2.36. The SMILES string of the molecule is CC1(C)N([O])/C(=C2\C=CC(=O)C([N+](=O)[O-])=C2)N(O)C1(C)C. The van der Waals surface area contributed by atoms with Crippen LogP contribution in [0.2, 0.25) is 0 Å². The summed E-state index contributed by atoms with van der Waals surface area (Å²) in [5.74, 6) is -0.865. The van der Waals surface area contributed by atoms with Gasteiger partial charge in [-0.1, -0.05) is 5.21 Å². The highest BCUT2D eigenvalue weighted by Gasteiger charge is 2.56. The summed E-state index contributed by atoms with van der Waals surface area (Å²) < 4.78 is 0. The summed E-state index contributed by atoms with van der Waals surface area (Å²) in [4.78, 5) is 21.5. The molecule has 1 aliphatic heterocycles. The third-order valence-electron chi connectivity index (χ3n) is 4.34. The fraction of sp³-hybridized carbons (Fsp3) is 0.462. The van der Waals surface area contributed by atoms with Gasteiger partial charge in [0.25, 0.3) is 5.78 Å². The van der Waals surface area contributed by atoms with E-state index < -0.39 is 27.5 Å². The second-order valence-electron chi connectivity index (χ2n) is 5.99. The average Bonchev–Trinajstić information content (AvgIpc) is 2.49. The van der Waals surface area contributed by atoms with Crippen molar-refractivity contribution in [3.8, 4) is 0 Å². The largest absolute Gasteiger partial charge is 0.317 e.